The van der Waals surface area contributed by atoms with Gasteiger partial charge in [0, 0.05) is 6.04 Å². The summed E-state index contributed by atoms with van der Waals surface area (Å²) in [5.41, 5.74) is 0.784. The highest BCUT2D eigenvalue weighted by molar-refractivity contribution is 5.29. The number of furan rings is 1. The van der Waals surface area contributed by atoms with E-state index >= 15 is 0 Å². The first-order chi connectivity index (χ1) is 8.16. The van der Waals surface area contributed by atoms with Crippen LogP contribution in [0.15, 0.2) is 41.0 Å². The first kappa shape index (κ1) is 11.7. The number of rotatable bonds is 4. The Morgan fingerprint density at radius 3 is 2.88 bits per heavy atom. The van der Waals surface area contributed by atoms with Crippen molar-refractivity contribution in [3.05, 3.63) is 53.7 Å². The minimum atomic E-state index is -0.603. The predicted octanol–water partition coefficient (Wildman–Crippen LogP) is 2.98. The van der Waals surface area contributed by atoms with Gasteiger partial charge in [0.1, 0.15) is 5.76 Å². The number of benzene rings is 1. The second-order valence-electron chi connectivity index (χ2n) is 3.89. The Balaban J connectivity index is 1.99. The van der Waals surface area contributed by atoms with Crippen LogP contribution in [-0.4, -0.2) is 5.11 Å². The van der Waals surface area contributed by atoms with Crippen LogP contribution in [0.5, 0.6) is 5.75 Å². The van der Waals surface area contributed by atoms with Gasteiger partial charge in [-0.15, -0.1) is 0 Å². The SMILES string of the molecule is C[C@@H](NCc1ccco1)c1ccc(O)c(F)c1. The third-order valence-electron chi connectivity index (χ3n) is 2.63. The standard InChI is InChI=1S/C13H14FNO2/c1-9(15-8-11-3-2-6-17-11)10-4-5-13(16)12(14)7-10/h2-7,9,15-16H,8H2,1H3/t9-/m1/s1. The lowest BCUT2D eigenvalue weighted by Crippen LogP contribution is -2.17. The number of aromatic hydroxyl groups is 1. The fourth-order valence-corrected chi connectivity index (χ4v) is 1.58. The number of phenolic OH excluding ortho intramolecular Hbond substituents is 1. The van der Waals surface area contributed by atoms with Gasteiger partial charge >= 0.3 is 0 Å². The Morgan fingerprint density at radius 1 is 1.41 bits per heavy atom. The van der Waals surface area contributed by atoms with Gasteiger partial charge in [-0.2, -0.15) is 0 Å². The Labute approximate surface area is 98.9 Å². The first-order valence-corrected chi connectivity index (χ1v) is 5.41. The lowest BCUT2D eigenvalue weighted by atomic mass is 10.1. The lowest BCUT2D eigenvalue weighted by Gasteiger charge is -2.13. The van der Waals surface area contributed by atoms with Crippen molar-refractivity contribution in [1.29, 1.82) is 0 Å². The number of nitrogens with one attached hydrogen (secondary N) is 1. The molecule has 0 aliphatic carbocycles. The molecule has 0 saturated carbocycles. The fourth-order valence-electron chi connectivity index (χ4n) is 1.58. The average Bonchev–Trinajstić information content (AvgIpc) is 2.82. The summed E-state index contributed by atoms with van der Waals surface area (Å²) in [6.07, 6.45) is 1.61. The monoisotopic (exact) mass is 235 g/mol. The summed E-state index contributed by atoms with van der Waals surface area (Å²) >= 11 is 0. The molecule has 0 radical (unpaired) electrons. The highest BCUT2D eigenvalue weighted by Gasteiger charge is 2.08. The Morgan fingerprint density at radius 2 is 2.24 bits per heavy atom. The van der Waals surface area contributed by atoms with E-state index < -0.39 is 5.82 Å². The molecule has 1 atom stereocenters. The molecule has 1 heterocycles. The minimum absolute atomic E-state index is 0.0183. The summed E-state index contributed by atoms with van der Waals surface area (Å²) in [5, 5.41) is 12.3. The maximum Gasteiger partial charge on any atom is 0.165 e. The molecule has 17 heavy (non-hydrogen) atoms. The molecule has 2 aromatic rings. The first-order valence-electron chi connectivity index (χ1n) is 5.41. The van der Waals surface area contributed by atoms with Gasteiger partial charge in [-0.05, 0) is 36.8 Å². The van der Waals surface area contributed by atoms with Crippen molar-refractivity contribution in [3.8, 4) is 5.75 Å². The number of hydrogen-bond acceptors (Lipinski definition) is 3. The zero-order valence-corrected chi connectivity index (χ0v) is 9.48. The van der Waals surface area contributed by atoms with Crippen molar-refractivity contribution >= 4 is 0 Å². The lowest BCUT2D eigenvalue weighted by molar-refractivity contribution is 0.429. The molecule has 0 aliphatic rings. The molecule has 1 aromatic carbocycles. The Bertz CT molecular complexity index is 482. The Kier molecular flexibility index (Phi) is 3.44. The molecule has 1 aromatic heterocycles. The molecule has 3 nitrogen and oxygen atoms in total. The van der Waals surface area contributed by atoms with Gasteiger partial charge in [0.15, 0.2) is 11.6 Å². The van der Waals surface area contributed by atoms with E-state index in [0.29, 0.717) is 6.54 Å². The van der Waals surface area contributed by atoms with E-state index in [4.69, 9.17) is 9.52 Å². The van der Waals surface area contributed by atoms with Gasteiger partial charge in [0.2, 0.25) is 0 Å². The largest absolute Gasteiger partial charge is 0.505 e. The second kappa shape index (κ2) is 5.01. The molecule has 0 saturated heterocycles. The van der Waals surface area contributed by atoms with Crippen molar-refractivity contribution in [2.45, 2.75) is 19.5 Å². The highest BCUT2D eigenvalue weighted by atomic mass is 19.1. The van der Waals surface area contributed by atoms with Crippen LogP contribution in [0.4, 0.5) is 4.39 Å². The van der Waals surface area contributed by atoms with Crippen molar-refractivity contribution in [1.82, 2.24) is 5.32 Å². The van der Waals surface area contributed by atoms with Gasteiger partial charge in [0.25, 0.3) is 0 Å². The van der Waals surface area contributed by atoms with E-state index in [1.165, 1.54) is 12.1 Å². The van der Waals surface area contributed by atoms with Crippen LogP contribution >= 0.6 is 0 Å². The maximum absolute atomic E-state index is 13.2. The van der Waals surface area contributed by atoms with Crippen LogP contribution in [-0.2, 0) is 6.54 Å². The van der Waals surface area contributed by atoms with E-state index in [1.807, 2.05) is 19.1 Å². The summed E-state index contributed by atoms with van der Waals surface area (Å²) < 4.78 is 18.3. The third-order valence-corrected chi connectivity index (χ3v) is 2.63. The van der Waals surface area contributed by atoms with E-state index in [1.54, 1.807) is 12.3 Å². The van der Waals surface area contributed by atoms with Crippen molar-refractivity contribution in [3.63, 3.8) is 0 Å². The molecule has 0 aliphatic heterocycles. The van der Waals surface area contributed by atoms with Crippen LogP contribution in [0.25, 0.3) is 0 Å². The normalized spacial score (nSPS) is 12.6. The average molecular weight is 235 g/mol. The number of phenols is 1. The summed E-state index contributed by atoms with van der Waals surface area (Å²) in [6.45, 7) is 2.51. The maximum atomic E-state index is 13.2. The second-order valence-corrected chi connectivity index (χ2v) is 3.89. The zero-order valence-electron chi connectivity index (χ0n) is 9.48. The summed E-state index contributed by atoms with van der Waals surface area (Å²) in [7, 11) is 0. The number of hydrogen-bond donors (Lipinski definition) is 2. The van der Waals surface area contributed by atoms with E-state index in [0.717, 1.165) is 11.3 Å². The molecule has 2 rings (SSSR count). The zero-order chi connectivity index (χ0) is 12.3. The van der Waals surface area contributed by atoms with Gasteiger partial charge in [-0.25, -0.2) is 4.39 Å². The minimum Gasteiger partial charge on any atom is -0.505 e. The molecule has 2 N–H and O–H groups in total. The van der Waals surface area contributed by atoms with Crippen LogP contribution < -0.4 is 5.32 Å². The molecule has 4 heteroatoms. The van der Waals surface area contributed by atoms with Crippen molar-refractivity contribution in [2.75, 3.05) is 0 Å². The smallest absolute Gasteiger partial charge is 0.165 e. The molecule has 90 valence electrons. The summed E-state index contributed by atoms with van der Waals surface area (Å²) in [6, 6.07) is 8.05. The van der Waals surface area contributed by atoms with E-state index in [2.05, 4.69) is 5.32 Å². The third kappa shape index (κ3) is 2.85. The molecule has 0 unspecified atom stereocenters. The molecule has 0 bridgehead atoms. The molecule has 0 fully saturated rings. The molecule has 0 amide bonds. The van der Waals surface area contributed by atoms with Crippen molar-refractivity contribution in [2.24, 2.45) is 0 Å². The van der Waals surface area contributed by atoms with Crippen LogP contribution in [0.3, 0.4) is 0 Å². The Hall–Kier alpha value is -1.81. The fraction of sp³-hybridized carbons (Fsp3) is 0.231. The van der Waals surface area contributed by atoms with E-state index in [9.17, 15) is 4.39 Å². The van der Waals surface area contributed by atoms with Gasteiger partial charge < -0.3 is 14.8 Å². The van der Waals surface area contributed by atoms with Gasteiger partial charge in [-0.1, -0.05) is 6.07 Å². The van der Waals surface area contributed by atoms with Crippen LogP contribution in [0, 0.1) is 5.82 Å². The van der Waals surface area contributed by atoms with Gasteiger partial charge in [0.05, 0.1) is 12.8 Å². The predicted molar refractivity (Wildman–Crippen MR) is 62.0 cm³/mol. The molecular formula is C13H14FNO2. The van der Waals surface area contributed by atoms with Crippen LogP contribution in [0.2, 0.25) is 0 Å². The molecule has 0 spiro atoms. The van der Waals surface area contributed by atoms with E-state index in [-0.39, 0.29) is 11.8 Å². The molecular weight excluding hydrogens is 221 g/mol. The number of halogens is 1. The highest BCUT2D eigenvalue weighted by Crippen LogP contribution is 2.20. The quantitative estimate of drug-likeness (QED) is 0.856. The van der Waals surface area contributed by atoms with Gasteiger partial charge in [-0.3, -0.25) is 0 Å². The van der Waals surface area contributed by atoms with Crippen LogP contribution in [0.1, 0.15) is 24.3 Å². The topological polar surface area (TPSA) is 45.4 Å². The summed E-state index contributed by atoms with van der Waals surface area (Å²) in [4.78, 5) is 0. The van der Waals surface area contributed by atoms with Crippen molar-refractivity contribution < 1.29 is 13.9 Å². The summed E-state index contributed by atoms with van der Waals surface area (Å²) in [5.74, 6) is -0.0998.